The summed E-state index contributed by atoms with van der Waals surface area (Å²) in [6, 6.07) is 8.70. The molecule has 0 saturated heterocycles. The van der Waals surface area contributed by atoms with Crippen LogP contribution in [0.3, 0.4) is 0 Å². The smallest absolute Gasteiger partial charge is 0.0763 e. The van der Waals surface area contributed by atoms with Gasteiger partial charge in [0.2, 0.25) is 0 Å². The molecular weight excluding hydrogens is 388 g/mol. The molecule has 1 saturated carbocycles. The summed E-state index contributed by atoms with van der Waals surface area (Å²) in [7, 11) is 0. The molecule has 3 atom stereocenters. The van der Waals surface area contributed by atoms with E-state index in [9.17, 15) is 0 Å². The van der Waals surface area contributed by atoms with Gasteiger partial charge in [0.25, 0.3) is 0 Å². The van der Waals surface area contributed by atoms with Crippen molar-refractivity contribution in [2.45, 2.75) is 83.2 Å². The van der Waals surface area contributed by atoms with E-state index in [0.717, 1.165) is 30.9 Å². The molecule has 1 aliphatic heterocycles. The molecule has 0 amide bonds. The second kappa shape index (κ2) is 11.4. The maximum absolute atomic E-state index is 5.34. The Bertz CT molecular complexity index is 911. The lowest BCUT2D eigenvalue weighted by molar-refractivity contribution is 0.449. The van der Waals surface area contributed by atoms with Crippen LogP contribution in [-0.2, 0) is 0 Å². The molecule has 0 bridgehead atoms. The van der Waals surface area contributed by atoms with Crippen molar-refractivity contribution in [2.24, 2.45) is 15.9 Å². The first kappa shape index (κ1) is 24.2. The molecule has 2 heteroatoms. The molecule has 2 nitrogen and oxygen atoms in total. The summed E-state index contributed by atoms with van der Waals surface area (Å²) < 4.78 is 0. The van der Waals surface area contributed by atoms with E-state index in [-0.39, 0.29) is 11.6 Å². The highest BCUT2D eigenvalue weighted by Crippen LogP contribution is 2.38. The highest BCUT2D eigenvalue weighted by Gasteiger charge is 2.31. The third-order valence-electron chi connectivity index (χ3n) is 6.99. The summed E-state index contributed by atoms with van der Waals surface area (Å²) in [5.74, 6) is 1.11. The molecule has 2 aliphatic rings. The monoisotopic (exact) mass is 428 g/mol. The fourth-order valence-corrected chi connectivity index (χ4v) is 5.43. The first-order valence-electron chi connectivity index (χ1n) is 12.3. The van der Waals surface area contributed by atoms with Crippen molar-refractivity contribution in [3.63, 3.8) is 0 Å². The third-order valence-corrected chi connectivity index (χ3v) is 6.99. The standard InChI is InChI=1S/C30H40N2/c1-6-14-24(22-23-15-10-11-16-23)32-30(5,20-7-2)21-19-27-25-17-12-13-18-26(25)28(8-3)31-29(27)9-4/h6-9,12-14,17-18,20,23,27,29H,3-4,10-11,15-16,19,21-22H2,1-2,5H3/b14-6-,20-7-,32-24?. The molecule has 3 rings (SSSR count). The number of fused-ring (bicyclic) bond motifs is 1. The van der Waals surface area contributed by atoms with Crippen molar-refractivity contribution in [1.82, 2.24) is 0 Å². The Balaban J connectivity index is 1.85. The molecule has 1 aliphatic carbocycles. The molecular formula is C30H40N2. The zero-order valence-electron chi connectivity index (χ0n) is 20.3. The van der Waals surface area contributed by atoms with Crippen molar-refractivity contribution >= 4 is 11.4 Å². The molecule has 0 aromatic heterocycles. The topological polar surface area (TPSA) is 24.7 Å². The normalized spacial score (nSPS) is 23.8. The second-order valence-electron chi connectivity index (χ2n) is 9.49. The Kier molecular flexibility index (Phi) is 8.61. The Hall–Kier alpha value is -2.48. The van der Waals surface area contributed by atoms with Gasteiger partial charge in [-0.3, -0.25) is 9.98 Å². The zero-order valence-corrected chi connectivity index (χ0v) is 20.3. The van der Waals surface area contributed by atoms with Crippen LogP contribution in [0.25, 0.3) is 0 Å². The quantitative estimate of drug-likeness (QED) is 0.266. The van der Waals surface area contributed by atoms with Crippen LogP contribution >= 0.6 is 0 Å². The predicted molar refractivity (Wildman–Crippen MR) is 141 cm³/mol. The predicted octanol–water partition coefficient (Wildman–Crippen LogP) is 8.03. The van der Waals surface area contributed by atoms with Crippen molar-refractivity contribution in [1.29, 1.82) is 0 Å². The fourth-order valence-electron chi connectivity index (χ4n) is 5.43. The van der Waals surface area contributed by atoms with Gasteiger partial charge in [-0.15, -0.1) is 6.58 Å². The van der Waals surface area contributed by atoms with Crippen LogP contribution in [0, 0.1) is 5.92 Å². The summed E-state index contributed by atoms with van der Waals surface area (Å²) >= 11 is 0. The van der Waals surface area contributed by atoms with E-state index in [1.54, 1.807) is 0 Å². The van der Waals surface area contributed by atoms with Gasteiger partial charge in [0, 0.05) is 17.2 Å². The minimum atomic E-state index is -0.217. The lowest BCUT2D eigenvalue weighted by Gasteiger charge is -2.32. The van der Waals surface area contributed by atoms with E-state index in [2.05, 4.69) is 82.5 Å². The van der Waals surface area contributed by atoms with Crippen LogP contribution in [0.1, 0.15) is 82.8 Å². The molecule has 0 spiro atoms. The van der Waals surface area contributed by atoms with Crippen LogP contribution in [0.4, 0.5) is 0 Å². The van der Waals surface area contributed by atoms with E-state index in [1.165, 1.54) is 42.5 Å². The number of aliphatic imine (C=N–C) groups is 2. The number of hydrogen-bond acceptors (Lipinski definition) is 2. The molecule has 1 aromatic carbocycles. The van der Waals surface area contributed by atoms with Crippen molar-refractivity contribution in [3.8, 4) is 0 Å². The van der Waals surface area contributed by atoms with E-state index >= 15 is 0 Å². The number of benzene rings is 1. The highest BCUT2D eigenvalue weighted by molar-refractivity contribution is 6.10. The lowest BCUT2D eigenvalue weighted by Crippen LogP contribution is -2.28. The van der Waals surface area contributed by atoms with Gasteiger partial charge >= 0.3 is 0 Å². The number of allylic oxidation sites excluding steroid dienone is 4. The van der Waals surface area contributed by atoms with Crippen molar-refractivity contribution in [2.75, 3.05) is 0 Å². The Labute approximate surface area is 195 Å². The summed E-state index contributed by atoms with van der Waals surface area (Å²) in [6.07, 6.45) is 21.2. The first-order valence-corrected chi connectivity index (χ1v) is 12.3. The minimum absolute atomic E-state index is 0.0743. The summed E-state index contributed by atoms with van der Waals surface area (Å²) in [4.78, 5) is 10.3. The average Bonchev–Trinajstić information content (AvgIpc) is 3.30. The summed E-state index contributed by atoms with van der Waals surface area (Å²) in [5, 5.41) is 0. The van der Waals surface area contributed by atoms with Crippen LogP contribution < -0.4 is 0 Å². The number of rotatable bonds is 10. The second-order valence-corrected chi connectivity index (χ2v) is 9.49. The summed E-state index contributed by atoms with van der Waals surface area (Å²) in [6.45, 7) is 14.6. The highest BCUT2D eigenvalue weighted by atomic mass is 14.9. The largest absolute Gasteiger partial charge is 0.279 e. The van der Waals surface area contributed by atoms with Gasteiger partial charge in [0.15, 0.2) is 0 Å². The lowest BCUT2D eigenvalue weighted by atomic mass is 9.78. The van der Waals surface area contributed by atoms with E-state index in [1.807, 2.05) is 12.2 Å². The molecule has 0 N–H and O–H groups in total. The van der Waals surface area contributed by atoms with Gasteiger partial charge in [-0.25, -0.2) is 0 Å². The van der Waals surface area contributed by atoms with E-state index in [4.69, 9.17) is 9.98 Å². The number of nitrogens with zero attached hydrogens (tertiary/aromatic N) is 2. The molecule has 1 heterocycles. The number of hydrogen-bond donors (Lipinski definition) is 0. The van der Waals surface area contributed by atoms with E-state index < -0.39 is 0 Å². The fraction of sp³-hybridized carbons (Fsp3) is 0.467. The SMILES string of the molecule is C=CC1=NC(C=C)C(CCC(C)(/C=C\C)N=C(/C=C\C)CC2CCCC2)c2ccccc21. The van der Waals surface area contributed by atoms with Crippen molar-refractivity contribution in [3.05, 3.63) is 85.0 Å². The molecule has 170 valence electrons. The van der Waals surface area contributed by atoms with Crippen LogP contribution in [0.5, 0.6) is 0 Å². The third kappa shape index (κ3) is 5.85. The van der Waals surface area contributed by atoms with Gasteiger partial charge in [0.05, 0.1) is 17.3 Å². The average molecular weight is 429 g/mol. The van der Waals surface area contributed by atoms with Crippen LogP contribution in [0.15, 0.2) is 83.9 Å². The van der Waals surface area contributed by atoms with Gasteiger partial charge in [-0.2, -0.15) is 0 Å². The Morgan fingerprint density at radius 3 is 2.56 bits per heavy atom. The molecule has 3 unspecified atom stereocenters. The van der Waals surface area contributed by atoms with Gasteiger partial charge in [-0.05, 0) is 63.7 Å². The van der Waals surface area contributed by atoms with Crippen molar-refractivity contribution < 1.29 is 0 Å². The van der Waals surface area contributed by atoms with E-state index in [0.29, 0.717) is 5.92 Å². The maximum atomic E-state index is 5.34. The van der Waals surface area contributed by atoms with Gasteiger partial charge in [-0.1, -0.05) is 80.8 Å². The minimum Gasteiger partial charge on any atom is -0.279 e. The van der Waals surface area contributed by atoms with Crippen LogP contribution in [0.2, 0.25) is 0 Å². The molecule has 1 aromatic rings. The zero-order chi connectivity index (χ0) is 23.0. The Morgan fingerprint density at radius 2 is 1.91 bits per heavy atom. The Morgan fingerprint density at radius 1 is 1.16 bits per heavy atom. The first-order chi connectivity index (χ1) is 15.5. The summed E-state index contributed by atoms with van der Waals surface area (Å²) in [5.41, 5.74) is 4.57. The molecule has 0 radical (unpaired) electrons. The molecule has 32 heavy (non-hydrogen) atoms. The van der Waals surface area contributed by atoms with Crippen LogP contribution in [-0.4, -0.2) is 23.0 Å². The maximum Gasteiger partial charge on any atom is 0.0763 e. The van der Waals surface area contributed by atoms with Gasteiger partial charge in [0.1, 0.15) is 0 Å². The molecule has 1 fully saturated rings. The van der Waals surface area contributed by atoms with Gasteiger partial charge < -0.3 is 0 Å².